The van der Waals surface area contributed by atoms with Crippen LogP contribution in [0.2, 0.25) is 0 Å². The van der Waals surface area contributed by atoms with E-state index in [0.29, 0.717) is 6.54 Å². The van der Waals surface area contributed by atoms with Crippen LogP contribution in [-0.2, 0) is 19.4 Å². The van der Waals surface area contributed by atoms with Gasteiger partial charge in [0, 0.05) is 42.5 Å². The monoisotopic (exact) mass is 250 g/mol. The van der Waals surface area contributed by atoms with Gasteiger partial charge < -0.3 is 10.3 Å². The van der Waals surface area contributed by atoms with Crippen LogP contribution >= 0.6 is 24.8 Å². The molecule has 1 aromatic heterocycles. The highest BCUT2D eigenvalue weighted by atomic mass is 35.5. The Hall–Kier alpha value is -0.510. The fourth-order valence-electron chi connectivity index (χ4n) is 1.72. The minimum Gasteiger partial charge on any atom is -0.362 e. The predicted octanol–water partition coefficient (Wildman–Crippen LogP) is 1.43. The third-order valence-electron chi connectivity index (χ3n) is 2.51. The summed E-state index contributed by atoms with van der Waals surface area (Å²) in [6.45, 7) is 3.74. The van der Waals surface area contributed by atoms with Gasteiger partial charge in [0.15, 0.2) is 5.43 Å². The lowest BCUT2D eigenvalue weighted by atomic mass is 10.1. The van der Waals surface area contributed by atoms with Gasteiger partial charge in [-0.2, -0.15) is 0 Å². The molecule has 3 nitrogen and oxygen atoms in total. The minimum absolute atomic E-state index is 0. The fourth-order valence-corrected chi connectivity index (χ4v) is 1.72. The van der Waals surface area contributed by atoms with Gasteiger partial charge in [0.1, 0.15) is 0 Å². The van der Waals surface area contributed by atoms with E-state index in [4.69, 9.17) is 0 Å². The maximum absolute atomic E-state index is 11.6. The average molecular weight is 251 g/mol. The van der Waals surface area contributed by atoms with Gasteiger partial charge in [-0.3, -0.25) is 4.79 Å². The van der Waals surface area contributed by atoms with E-state index in [1.54, 1.807) is 6.07 Å². The molecule has 1 aromatic rings. The number of nitrogens with one attached hydrogen (secondary N) is 2. The van der Waals surface area contributed by atoms with Crippen molar-refractivity contribution in [1.82, 2.24) is 10.3 Å². The van der Waals surface area contributed by atoms with Gasteiger partial charge >= 0.3 is 0 Å². The molecule has 2 rings (SSSR count). The Labute approximate surface area is 101 Å². The third-order valence-corrected chi connectivity index (χ3v) is 2.51. The van der Waals surface area contributed by atoms with E-state index in [9.17, 15) is 4.79 Å². The number of halogens is 2. The predicted molar refractivity (Wildman–Crippen MR) is 66.3 cm³/mol. The topological polar surface area (TPSA) is 44.9 Å². The van der Waals surface area contributed by atoms with E-state index >= 15 is 0 Å². The Balaban J connectivity index is 0.000000980. The molecule has 0 saturated carbocycles. The summed E-state index contributed by atoms with van der Waals surface area (Å²) in [7, 11) is 0. The zero-order valence-electron chi connectivity index (χ0n) is 8.63. The minimum atomic E-state index is 0. The molecule has 1 aliphatic rings. The number of hydrogen-bond donors (Lipinski definition) is 2. The summed E-state index contributed by atoms with van der Waals surface area (Å²) >= 11 is 0. The molecule has 0 radical (unpaired) electrons. The van der Waals surface area contributed by atoms with Crippen molar-refractivity contribution in [1.29, 1.82) is 0 Å². The van der Waals surface area contributed by atoms with E-state index in [-0.39, 0.29) is 30.2 Å². The molecule has 0 amide bonds. The summed E-state index contributed by atoms with van der Waals surface area (Å²) in [6.07, 6.45) is 1.84. The molecule has 0 bridgehead atoms. The fraction of sp³-hybridized carbons (Fsp3) is 0.500. The number of aromatic amines is 1. The zero-order chi connectivity index (χ0) is 9.26. The van der Waals surface area contributed by atoms with Crippen LogP contribution in [0.25, 0.3) is 0 Å². The molecule has 15 heavy (non-hydrogen) atoms. The van der Waals surface area contributed by atoms with Gasteiger partial charge in [0.25, 0.3) is 0 Å². The SMILES string of the molecule is CCc1cc(=O)c2c([nH]1)CCNC2.Cl.Cl. The first-order valence-electron chi connectivity index (χ1n) is 4.76. The van der Waals surface area contributed by atoms with Crippen molar-refractivity contribution in [2.45, 2.75) is 26.3 Å². The Bertz CT molecular complexity index is 376. The molecule has 0 saturated heterocycles. The average Bonchev–Trinajstić information content (AvgIpc) is 2.18. The molecular formula is C10H16Cl2N2O. The molecule has 0 fully saturated rings. The molecule has 86 valence electrons. The lowest BCUT2D eigenvalue weighted by molar-refractivity contribution is 0.623. The molecule has 0 aromatic carbocycles. The van der Waals surface area contributed by atoms with Crippen LogP contribution in [0.5, 0.6) is 0 Å². The largest absolute Gasteiger partial charge is 0.362 e. The summed E-state index contributed by atoms with van der Waals surface area (Å²) in [6, 6.07) is 1.71. The molecule has 5 heteroatoms. The highest BCUT2D eigenvalue weighted by Gasteiger charge is 2.12. The van der Waals surface area contributed by atoms with Crippen molar-refractivity contribution in [3.8, 4) is 0 Å². The Morgan fingerprint density at radius 2 is 2.13 bits per heavy atom. The van der Waals surface area contributed by atoms with Gasteiger partial charge in [-0.05, 0) is 6.42 Å². The third kappa shape index (κ3) is 2.97. The second kappa shape index (κ2) is 6.16. The Kier molecular flexibility index (Phi) is 5.95. The van der Waals surface area contributed by atoms with Crippen molar-refractivity contribution < 1.29 is 0 Å². The van der Waals surface area contributed by atoms with E-state index in [1.165, 1.54) is 0 Å². The van der Waals surface area contributed by atoms with Crippen LogP contribution in [-0.4, -0.2) is 11.5 Å². The Morgan fingerprint density at radius 3 is 2.80 bits per heavy atom. The van der Waals surface area contributed by atoms with Crippen LogP contribution in [0.4, 0.5) is 0 Å². The van der Waals surface area contributed by atoms with E-state index in [2.05, 4.69) is 17.2 Å². The second-order valence-electron chi connectivity index (χ2n) is 3.40. The summed E-state index contributed by atoms with van der Waals surface area (Å²) in [5.74, 6) is 0. The number of hydrogen-bond acceptors (Lipinski definition) is 2. The van der Waals surface area contributed by atoms with Gasteiger partial charge in [-0.1, -0.05) is 6.92 Å². The lowest BCUT2D eigenvalue weighted by Crippen LogP contribution is -2.30. The standard InChI is InChI=1S/C10H14N2O.2ClH/c1-2-7-5-10(13)8-6-11-4-3-9(8)12-7;;/h5,11H,2-4,6H2,1H3,(H,12,13);2*1H. The Morgan fingerprint density at radius 1 is 1.40 bits per heavy atom. The normalized spacial score (nSPS) is 13.4. The molecule has 2 N–H and O–H groups in total. The summed E-state index contributed by atoms with van der Waals surface area (Å²) in [4.78, 5) is 14.9. The number of rotatable bonds is 1. The van der Waals surface area contributed by atoms with Crippen molar-refractivity contribution in [3.63, 3.8) is 0 Å². The molecule has 2 heterocycles. The van der Waals surface area contributed by atoms with Gasteiger partial charge in [-0.25, -0.2) is 0 Å². The summed E-state index contributed by atoms with van der Waals surface area (Å²) in [5, 5.41) is 3.20. The quantitative estimate of drug-likeness (QED) is 0.793. The van der Waals surface area contributed by atoms with Crippen molar-refractivity contribution in [2.24, 2.45) is 0 Å². The van der Waals surface area contributed by atoms with Crippen LogP contribution in [0.15, 0.2) is 10.9 Å². The first-order valence-corrected chi connectivity index (χ1v) is 4.76. The first kappa shape index (κ1) is 14.5. The van der Waals surface area contributed by atoms with Crippen LogP contribution in [0.3, 0.4) is 0 Å². The number of fused-ring (bicyclic) bond motifs is 1. The zero-order valence-corrected chi connectivity index (χ0v) is 10.3. The molecule has 0 unspecified atom stereocenters. The number of aromatic nitrogens is 1. The van der Waals surface area contributed by atoms with E-state index in [0.717, 1.165) is 36.3 Å². The van der Waals surface area contributed by atoms with Crippen molar-refractivity contribution in [2.75, 3.05) is 6.54 Å². The van der Waals surface area contributed by atoms with Crippen molar-refractivity contribution in [3.05, 3.63) is 33.2 Å². The second-order valence-corrected chi connectivity index (χ2v) is 3.40. The number of aryl methyl sites for hydroxylation is 1. The first-order chi connectivity index (χ1) is 6.31. The van der Waals surface area contributed by atoms with Gasteiger partial charge in [-0.15, -0.1) is 24.8 Å². The highest BCUT2D eigenvalue weighted by molar-refractivity contribution is 5.85. The number of H-pyrrole nitrogens is 1. The highest BCUT2D eigenvalue weighted by Crippen LogP contribution is 2.07. The molecule has 0 aliphatic carbocycles. The molecule has 1 aliphatic heterocycles. The summed E-state index contributed by atoms with van der Waals surface area (Å²) < 4.78 is 0. The number of pyridine rings is 1. The van der Waals surface area contributed by atoms with Crippen LogP contribution in [0, 0.1) is 0 Å². The van der Waals surface area contributed by atoms with Gasteiger partial charge in [0.2, 0.25) is 0 Å². The van der Waals surface area contributed by atoms with Crippen molar-refractivity contribution >= 4 is 24.8 Å². The van der Waals surface area contributed by atoms with E-state index < -0.39 is 0 Å². The molecular weight excluding hydrogens is 235 g/mol. The maximum atomic E-state index is 11.6. The molecule has 0 atom stereocenters. The maximum Gasteiger partial charge on any atom is 0.186 e. The van der Waals surface area contributed by atoms with E-state index in [1.807, 2.05) is 0 Å². The lowest BCUT2D eigenvalue weighted by Gasteiger charge is -2.16. The van der Waals surface area contributed by atoms with Crippen LogP contribution in [0.1, 0.15) is 23.9 Å². The smallest absolute Gasteiger partial charge is 0.186 e. The summed E-state index contributed by atoms with van der Waals surface area (Å²) in [5.41, 5.74) is 3.27. The van der Waals surface area contributed by atoms with Crippen LogP contribution < -0.4 is 10.7 Å². The van der Waals surface area contributed by atoms with Gasteiger partial charge in [0.05, 0.1) is 0 Å². The molecule has 0 spiro atoms.